The Hall–Kier alpha value is -1.59. The van der Waals surface area contributed by atoms with Crippen LogP contribution < -0.4 is 4.90 Å². The average Bonchev–Trinajstić information content (AvgIpc) is 3.18. The van der Waals surface area contributed by atoms with E-state index in [9.17, 15) is 18.0 Å². The summed E-state index contributed by atoms with van der Waals surface area (Å²) in [6.45, 7) is 4.16. The van der Waals surface area contributed by atoms with Crippen LogP contribution in [0.15, 0.2) is 12.3 Å². The fourth-order valence-electron chi connectivity index (χ4n) is 3.33. The van der Waals surface area contributed by atoms with Gasteiger partial charge in [0.25, 0.3) is 0 Å². The molecule has 2 heterocycles. The van der Waals surface area contributed by atoms with Crippen molar-refractivity contribution in [1.82, 2.24) is 4.98 Å². The molecule has 0 saturated heterocycles. The average molecular weight is 312 g/mol. The highest BCUT2D eigenvalue weighted by molar-refractivity contribution is 6.07. The fourth-order valence-corrected chi connectivity index (χ4v) is 3.33. The summed E-state index contributed by atoms with van der Waals surface area (Å²) in [5, 5.41) is 0. The molecule has 1 aromatic rings. The molecule has 3 rings (SSSR count). The maximum absolute atomic E-state index is 12.8. The van der Waals surface area contributed by atoms with Crippen molar-refractivity contribution in [3.05, 3.63) is 23.5 Å². The van der Waals surface area contributed by atoms with Crippen LogP contribution in [0, 0.1) is 5.92 Å². The summed E-state index contributed by atoms with van der Waals surface area (Å²) >= 11 is 0. The highest BCUT2D eigenvalue weighted by atomic mass is 19.4. The fraction of sp³-hybridized carbons (Fsp3) is 0.625. The minimum atomic E-state index is -4.41. The van der Waals surface area contributed by atoms with Gasteiger partial charge >= 0.3 is 6.18 Å². The third-order valence-electron chi connectivity index (χ3n) is 4.81. The number of halogens is 3. The highest BCUT2D eigenvalue weighted by Gasteiger charge is 2.48. The van der Waals surface area contributed by atoms with Gasteiger partial charge in [-0.05, 0) is 32.3 Å². The van der Waals surface area contributed by atoms with Crippen LogP contribution in [0.2, 0.25) is 0 Å². The van der Waals surface area contributed by atoms with Gasteiger partial charge in [-0.1, -0.05) is 13.3 Å². The zero-order valence-corrected chi connectivity index (χ0v) is 12.9. The summed E-state index contributed by atoms with van der Waals surface area (Å²) in [6.07, 6.45) is -0.759. The third kappa shape index (κ3) is 2.38. The molecule has 1 fully saturated rings. The van der Waals surface area contributed by atoms with E-state index in [0.717, 1.165) is 23.4 Å². The molecule has 1 aliphatic heterocycles. The van der Waals surface area contributed by atoms with Crippen LogP contribution in [0.25, 0.3) is 0 Å². The Bertz CT molecular complexity index is 624. The second-order valence-corrected chi connectivity index (χ2v) is 6.77. The number of hydrogen-bond donors (Lipinski definition) is 0. The number of hydrogen-bond acceptors (Lipinski definition) is 2. The third-order valence-corrected chi connectivity index (χ3v) is 4.81. The molecule has 0 aromatic carbocycles. The lowest BCUT2D eigenvalue weighted by Gasteiger charge is -2.21. The molecule has 0 unspecified atom stereocenters. The largest absolute Gasteiger partial charge is 0.406 e. The van der Waals surface area contributed by atoms with Gasteiger partial charge in [-0.2, -0.15) is 13.2 Å². The van der Waals surface area contributed by atoms with Crippen LogP contribution in [-0.2, 0) is 10.2 Å². The number of pyridine rings is 1. The normalized spacial score (nSPS) is 26.3. The van der Waals surface area contributed by atoms with Crippen LogP contribution in [0.3, 0.4) is 0 Å². The maximum Gasteiger partial charge on any atom is 0.406 e. The Labute approximate surface area is 127 Å². The Morgan fingerprint density at radius 2 is 2.09 bits per heavy atom. The van der Waals surface area contributed by atoms with Gasteiger partial charge in [-0.3, -0.25) is 9.78 Å². The first-order valence-corrected chi connectivity index (χ1v) is 7.54. The van der Waals surface area contributed by atoms with E-state index in [2.05, 4.69) is 11.9 Å². The Morgan fingerprint density at radius 3 is 2.64 bits per heavy atom. The number of anilines is 1. The standard InChI is InChI=1S/C16H19F3N2O/c1-4-9-5-10(9)12-6-13-11(7-20-12)15(2,3)14(22)21(13)8-16(17,18)19/h6-7,9-10H,4-5,8H2,1-3H3/t9-,10-/m0/s1. The molecule has 1 amide bonds. The summed E-state index contributed by atoms with van der Waals surface area (Å²) in [5.74, 6) is 0.371. The van der Waals surface area contributed by atoms with Gasteiger partial charge in [0, 0.05) is 23.4 Å². The summed E-state index contributed by atoms with van der Waals surface area (Å²) in [5.41, 5.74) is 0.807. The Morgan fingerprint density at radius 1 is 1.41 bits per heavy atom. The lowest BCUT2D eigenvalue weighted by molar-refractivity contribution is -0.134. The zero-order valence-electron chi connectivity index (χ0n) is 12.9. The van der Waals surface area contributed by atoms with Gasteiger partial charge < -0.3 is 4.90 Å². The minimum absolute atomic E-state index is 0.321. The Kier molecular flexibility index (Phi) is 3.27. The molecular weight excluding hydrogens is 293 g/mol. The lowest BCUT2D eigenvalue weighted by atomic mass is 9.87. The first-order valence-electron chi connectivity index (χ1n) is 7.54. The van der Waals surface area contributed by atoms with Crippen molar-refractivity contribution in [2.45, 2.75) is 51.1 Å². The van der Waals surface area contributed by atoms with Crippen LogP contribution >= 0.6 is 0 Å². The molecule has 1 aliphatic carbocycles. The first-order chi connectivity index (χ1) is 10.1. The minimum Gasteiger partial charge on any atom is -0.302 e. The Balaban J connectivity index is 2.00. The second kappa shape index (κ2) is 4.70. The monoisotopic (exact) mass is 312 g/mol. The topological polar surface area (TPSA) is 33.2 Å². The van der Waals surface area contributed by atoms with Crippen molar-refractivity contribution in [1.29, 1.82) is 0 Å². The van der Waals surface area contributed by atoms with Crippen molar-refractivity contribution in [3.63, 3.8) is 0 Å². The van der Waals surface area contributed by atoms with Gasteiger partial charge in [-0.15, -0.1) is 0 Å². The first kappa shape index (κ1) is 15.3. The van der Waals surface area contributed by atoms with Crippen LogP contribution in [0.5, 0.6) is 0 Å². The van der Waals surface area contributed by atoms with Gasteiger partial charge in [0.1, 0.15) is 6.54 Å². The maximum atomic E-state index is 12.8. The van der Waals surface area contributed by atoms with Crippen molar-refractivity contribution in [2.75, 3.05) is 11.4 Å². The van der Waals surface area contributed by atoms with E-state index in [-0.39, 0.29) is 0 Å². The number of carbonyl (C=O) groups is 1. The molecule has 2 atom stereocenters. The molecule has 0 radical (unpaired) electrons. The highest BCUT2D eigenvalue weighted by Crippen LogP contribution is 2.51. The molecule has 6 heteroatoms. The van der Waals surface area contributed by atoms with Gasteiger partial charge in [0.15, 0.2) is 0 Å². The van der Waals surface area contributed by atoms with Gasteiger partial charge in [0.2, 0.25) is 5.91 Å². The number of rotatable bonds is 3. The number of aromatic nitrogens is 1. The molecule has 1 aromatic heterocycles. The van der Waals surface area contributed by atoms with Crippen molar-refractivity contribution >= 4 is 11.6 Å². The number of nitrogens with zero attached hydrogens (tertiary/aromatic N) is 2. The number of fused-ring (bicyclic) bond motifs is 1. The van der Waals surface area contributed by atoms with E-state index in [0.29, 0.717) is 23.1 Å². The molecule has 120 valence electrons. The van der Waals surface area contributed by atoms with E-state index in [4.69, 9.17) is 0 Å². The van der Waals surface area contributed by atoms with E-state index in [1.807, 2.05) is 0 Å². The molecule has 0 N–H and O–H groups in total. The van der Waals surface area contributed by atoms with E-state index in [1.165, 1.54) is 0 Å². The van der Waals surface area contributed by atoms with Crippen molar-refractivity contribution in [2.24, 2.45) is 5.92 Å². The predicted molar refractivity (Wildman–Crippen MR) is 76.8 cm³/mol. The summed E-state index contributed by atoms with van der Waals surface area (Å²) in [4.78, 5) is 17.7. The summed E-state index contributed by atoms with van der Waals surface area (Å²) in [7, 11) is 0. The number of carbonyl (C=O) groups excluding carboxylic acids is 1. The summed E-state index contributed by atoms with van der Waals surface area (Å²) in [6, 6.07) is 1.69. The van der Waals surface area contributed by atoms with Gasteiger partial charge in [0.05, 0.1) is 11.1 Å². The molecule has 2 aliphatic rings. The molecule has 0 bridgehead atoms. The van der Waals surface area contributed by atoms with Gasteiger partial charge in [-0.25, -0.2) is 0 Å². The lowest BCUT2D eigenvalue weighted by Crippen LogP contribution is -2.41. The van der Waals surface area contributed by atoms with Crippen molar-refractivity contribution in [3.8, 4) is 0 Å². The van der Waals surface area contributed by atoms with E-state index >= 15 is 0 Å². The molecule has 3 nitrogen and oxygen atoms in total. The van der Waals surface area contributed by atoms with Crippen LogP contribution in [-0.4, -0.2) is 23.6 Å². The molecule has 0 spiro atoms. The van der Waals surface area contributed by atoms with Crippen molar-refractivity contribution < 1.29 is 18.0 Å². The molecule has 22 heavy (non-hydrogen) atoms. The second-order valence-electron chi connectivity index (χ2n) is 6.77. The number of amides is 1. The van der Waals surface area contributed by atoms with Crippen LogP contribution in [0.1, 0.15) is 50.8 Å². The SMILES string of the molecule is CC[C@H]1C[C@@H]1c1cc2c(cn1)C(C)(C)C(=O)N2CC(F)(F)F. The predicted octanol–water partition coefficient (Wildman–Crippen LogP) is 3.78. The van der Waals surface area contributed by atoms with Crippen LogP contribution in [0.4, 0.5) is 18.9 Å². The molecule has 1 saturated carbocycles. The molecular formula is C16H19F3N2O. The summed E-state index contributed by atoms with van der Waals surface area (Å²) < 4.78 is 38.4. The quantitative estimate of drug-likeness (QED) is 0.851. The van der Waals surface area contributed by atoms with E-state index in [1.54, 1.807) is 26.1 Å². The van der Waals surface area contributed by atoms with E-state index < -0.39 is 24.0 Å². The zero-order chi connectivity index (χ0) is 16.3. The number of alkyl halides is 3. The smallest absolute Gasteiger partial charge is 0.302 e.